The Morgan fingerprint density at radius 3 is 2.54 bits per heavy atom. The highest BCUT2D eigenvalue weighted by Gasteiger charge is 2.47. The van der Waals surface area contributed by atoms with Crippen molar-refractivity contribution in [3.8, 4) is 6.07 Å². The minimum Gasteiger partial charge on any atom is -0.475 e. The molecule has 10 heteroatoms. The number of nitrogens with one attached hydrogen (secondary N) is 1. The van der Waals surface area contributed by atoms with Crippen LogP contribution in [0.5, 0.6) is 0 Å². The monoisotopic (exact) mass is 387 g/mol. The Hall–Kier alpha value is -2.25. The van der Waals surface area contributed by atoms with Crippen molar-refractivity contribution >= 4 is 23.6 Å². The van der Waals surface area contributed by atoms with Crippen LogP contribution in [0.1, 0.15) is 12.0 Å². The summed E-state index contributed by atoms with van der Waals surface area (Å²) in [6, 6.07) is 11.9. The van der Waals surface area contributed by atoms with Gasteiger partial charge in [-0.15, -0.1) is 11.8 Å². The number of carbonyl (C=O) groups is 2. The number of benzene rings is 1. The highest BCUT2D eigenvalue weighted by Crippen LogP contribution is 2.37. The maximum Gasteiger partial charge on any atom is 0.490 e. The number of hydrogen-bond donors (Lipinski definition) is 2. The number of hydrogen-bond acceptors (Lipinski definition) is 5. The number of aliphatic carboxylic acids is 1. The summed E-state index contributed by atoms with van der Waals surface area (Å²) in [5, 5.41) is 19.7. The highest BCUT2D eigenvalue weighted by atomic mass is 32.2. The molecule has 26 heavy (non-hydrogen) atoms. The summed E-state index contributed by atoms with van der Waals surface area (Å²) >= 11 is 1.72. The Morgan fingerprint density at radius 1 is 1.38 bits per heavy atom. The van der Waals surface area contributed by atoms with Gasteiger partial charge < -0.3 is 15.3 Å². The molecule has 0 radical (unpaired) electrons. The molecular weight excluding hydrogens is 371 g/mol. The molecule has 2 saturated heterocycles. The Bertz CT molecular complexity index is 693. The highest BCUT2D eigenvalue weighted by molar-refractivity contribution is 8.00. The van der Waals surface area contributed by atoms with Crippen molar-refractivity contribution in [2.24, 2.45) is 0 Å². The number of rotatable bonds is 3. The molecule has 0 bridgehead atoms. The van der Waals surface area contributed by atoms with Crippen molar-refractivity contribution in [3.63, 3.8) is 0 Å². The molecule has 3 rings (SSSR count). The van der Waals surface area contributed by atoms with Gasteiger partial charge in [-0.05, 0) is 5.56 Å². The SMILES string of the molecule is N#C[C@@H]1CSC2CC(NCc3ccccc3)C(=O)N21.O=C(O)C(F)(F)F. The number of thioether (sulfide) groups is 1. The van der Waals surface area contributed by atoms with E-state index in [1.54, 1.807) is 16.7 Å². The minimum absolute atomic E-state index is 0.0810. The predicted molar refractivity (Wildman–Crippen MR) is 87.9 cm³/mol. The number of carboxylic acids is 1. The van der Waals surface area contributed by atoms with E-state index >= 15 is 0 Å². The maximum absolute atomic E-state index is 12.3. The van der Waals surface area contributed by atoms with E-state index in [0.29, 0.717) is 6.54 Å². The van der Waals surface area contributed by atoms with E-state index in [1.165, 1.54) is 5.56 Å². The molecule has 1 amide bonds. The van der Waals surface area contributed by atoms with Gasteiger partial charge in [-0.3, -0.25) is 4.79 Å². The van der Waals surface area contributed by atoms with Crippen molar-refractivity contribution in [1.29, 1.82) is 5.26 Å². The summed E-state index contributed by atoms with van der Waals surface area (Å²) in [5.74, 6) is -1.93. The lowest BCUT2D eigenvalue weighted by Crippen LogP contribution is -2.41. The molecule has 2 aliphatic rings. The number of amides is 1. The molecule has 2 aliphatic heterocycles. The zero-order valence-corrected chi connectivity index (χ0v) is 14.3. The van der Waals surface area contributed by atoms with E-state index < -0.39 is 12.1 Å². The topological polar surface area (TPSA) is 93.4 Å². The van der Waals surface area contributed by atoms with Crippen molar-refractivity contribution < 1.29 is 27.9 Å². The fourth-order valence-electron chi connectivity index (χ4n) is 2.63. The third-order valence-electron chi connectivity index (χ3n) is 3.87. The molecule has 6 nitrogen and oxygen atoms in total. The third-order valence-corrected chi connectivity index (χ3v) is 5.18. The molecule has 0 aromatic heterocycles. The van der Waals surface area contributed by atoms with Crippen LogP contribution >= 0.6 is 11.8 Å². The molecule has 3 atom stereocenters. The van der Waals surface area contributed by atoms with Crippen LogP contribution < -0.4 is 5.32 Å². The number of alkyl halides is 3. The van der Waals surface area contributed by atoms with Gasteiger partial charge in [0.05, 0.1) is 17.5 Å². The van der Waals surface area contributed by atoms with Crippen molar-refractivity contribution in [3.05, 3.63) is 35.9 Å². The number of halogens is 3. The quantitative estimate of drug-likeness (QED) is 0.824. The second-order valence-corrected chi connectivity index (χ2v) is 6.85. The lowest BCUT2D eigenvalue weighted by atomic mass is 10.2. The Labute approximate surface area is 152 Å². The zero-order valence-electron chi connectivity index (χ0n) is 13.4. The molecule has 2 heterocycles. The smallest absolute Gasteiger partial charge is 0.475 e. The number of fused-ring (bicyclic) bond motifs is 1. The predicted octanol–water partition coefficient (Wildman–Crippen LogP) is 1.98. The van der Waals surface area contributed by atoms with Gasteiger partial charge in [0.2, 0.25) is 5.91 Å². The van der Waals surface area contributed by atoms with E-state index in [1.807, 2.05) is 30.3 Å². The minimum atomic E-state index is -5.08. The van der Waals surface area contributed by atoms with E-state index in [4.69, 9.17) is 15.2 Å². The maximum atomic E-state index is 12.3. The van der Waals surface area contributed by atoms with Crippen LogP contribution in [0.2, 0.25) is 0 Å². The summed E-state index contributed by atoms with van der Waals surface area (Å²) in [5.41, 5.74) is 1.17. The molecule has 1 aromatic rings. The summed E-state index contributed by atoms with van der Waals surface area (Å²) < 4.78 is 31.7. The van der Waals surface area contributed by atoms with Gasteiger partial charge in [-0.2, -0.15) is 18.4 Å². The fourth-order valence-corrected chi connectivity index (χ4v) is 4.01. The normalized spacial score (nSPS) is 24.5. The zero-order chi connectivity index (χ0) is 19.3. The van der Waals surface area contributed by atoms with Crippen LogP contribution in [-0.4, -0.2) is 51.3 Å². The largest absolute Gasteiger partial charge is 0.490 e. The molecule has 0 spiro atoms. The number of carbonyl (C=O) groups excluding carboxylic acids is 1. The third kappa shape index (κ3) is 4.89. The van der Waals surface area contributed by atoms with E-state index in [2.05, 4.69) is 11.4 Å². The van der Waals surface area contributed by atoms with E-state index in [-0.39, 0.29) is 23.4 Å². The first-order chi connectivity index (χ1) is 12.2. The number of nitriles is 1. The Kier molecular flexibility index (Phi) is 6.50. The van der Waals surface area contributed by atoms with Gasteiger partial charge in [-0.25, -0.2) is 4.79 Å². The Balaban J connectivity index is 0.000000298. The van der Waals surface area contributed by atoms with Crippen molar-refractivity contribution in [2.45, 2.75) is 36.6 Å². The second-order valence-electron chi connectivity index (χ2n) is 5.64. The average Bonchev–Trinajstić information content (AvgIpc) is 3.14. The van der Waals surface area contributed by atoms with Gasteiger partial charge >= 0.3 is 12.1 Å². The van der Waals surface area contributed by atoms with Crippen molar-refractivity contribution in [1.82, 2.24) is 10.2 Å². The van der Waals surface area contributed by atoms with Crippen LogP contribution in [0.25, 0.3) is 0 Å². The lowest BCUT2D eigenvalue weighted by Gasteiger charge is -2.18. The molecule has 140 valence electrons. The first kappa shape index (κ1) is 20.1. The molecule has 1 aromatic carbocycles. The van der Waals surface area contributed by atoms with Gasteiger partial charge in [-0.1, -0.05) is 30.3 Å². The van der Waals surface area contributed by atoms with Gasteiger partial charge in [0.15, 0.2) is 0 Å². The molecular formula is C16H16F3N3O3S. The van der Waals surface area contributed by atoms with E-state index in [0.717, 1.165) is 12.2 Å². The second kappa shape index (κ2) is 8.42. The van der Waals surface area contributed by atoms with E-state index in [9.17, 15) is 18.0 Å². The summed E-state index contributed by atoms with van der Waals surface area (Å²) in [7, 11) is 0. The van der Waals surface area contributed by atoms with Crippen molar-refractivity contribution in [2.75, 3.05) is 5.75 Å². The number of nitrogens with zero attached hydrogens (tertiary/aromatic N) is 2. The first-order valence-corrected chi connectivity index (χ1v) is 8.69. The molecule has 0 aliphatic carbocycles. The summed E-state index contributed by atoms with van der Waals surface area (Å²) in [6.45, 7) is 0.694. The summed E-state index contributed by atoms with van der Waals surface area (Å²) in [4.78, 5) is 22.9. The number of carboxylic acid groups (broad SMARTS) is 1. The van der Waals surface area contributed by atoms with Crippen LogP contribution in [0, 0.1) is 11.3 Å². The van der Waals surface area contributed by atoms with Crippen LogP contribution in [-0.2, 0) is 16.1 Å². The standard InChI is InChI=1S/C14H15N3OS.C2HF3O2/c15-7-11-9-19-13-6-12(14(18)17(11)13)16-8-10-4-2-1-3-5-10;3-2(4,5)1(6)7/h1-5,11-13,16H,6,8-9H2;(H,6,7)/t11-,12?,13?;/m1./s1. The van der Waals surface area contributed by atoms with Gasteiger partial charge in [0, 0.05) is 18.7 Å². The van der Waals surface area contributed by atoms with Gasteiger partial charge in [0.25, 0.3) is 0 Å². The van der Waals surface area contributed by atoms with Crippen LogP contribution in [0.3, 0.4) is 0 Å². The first-order valence-electron chi connectivity index (χ1n) is 7.65. The summed E-state index contributed by atoms with van der Waals surface area (Å²) in [6.07, 6.45) is -4.28. The fraction of sp³-hybridized carbons (Fsp3) is 0.438. The molecule has 0 saturated carbocycles. The van der Waals surface area contributed by atoms with Crippen LogP contribution in [0.4, 0.5) is 13.2 Å². The molecule has 2 unspecified atom stereocenters. The Morgan fingerprint density at radius 2 is 2.00 bits per heavy atom. The molecule has 2 N–H and O–H groups in total. The molecule has 2 fully saturated rings. The lowest BCUT2D eigenvalue weighted by molar-refractivity contribution is -0.192. The average molecular weight is 387 g/mol. The van der Waals surface area contributed by atoms with Gasteiger partial charge in [0.1, 0.15) is 6.04 Å². The van der Waals surface area contributed by atoms with Crippen LogP contribution in [0.15, 0.2) is 30.3 Å².